The third-order valence-electron chi connectivity index (χ3n) is 2.53. The van der Waals surface area contributed by atoms with Crippen LogP contribution >= 0.6 is 22.7 Å². The number of hydrogen-bond donors (Lipinski definition) is 2. The number of nitrogens with zero attached hydrogens (tertiary/aromatic N) is 1. The van der Waals surface area contributed by atoms with E-state index in [0.717, 1.165) is 16.9 Å². The highest BCUT2D eigenvalue weighted by atomic mass is 32.1. The van der Waals surface area contributed by atoms with Crippen molar-refractivity contribution < 1.29 is 14.7 Å². The van der Waals surface area contributed by atoms with Crippen LogP contribution in [0.4, 0.5) is 5.13 Å². The van der Waals surface area contributed by atoms with E-state index in [9.17, 15) is 9.59 Å². The van der Waals surface area contributed by atoms with E-state index in [-0.39, 0.29) is 22.4 Å². The Hall–Kier alpha value is -1.73. The van der Waals surface area contributed by atoms with E-state index in [1.165, 1.54) is 6.92 Å². The van der Waals surface area contributed by atoms with E-state index in [2.05, 4.69) is 10.3 Å². The lowest BCUT2D eigenvalue weighted by atomic mass is 10.2. The van der Waals surface area contributed by atoms with Gasteiger partial charge in [-0.25, -0.2) is 9.78 Å². The molecule has 0 aliphatic heterocycles. The molecule has 0 radical (unpaired) electrons. The van der Waals surface area contributed by atoms with E-state index >= 15 is 0 Å². The molecule has 1 unspecified atom stereocenters. The van der Waals surface area contributed by atoms with Gasteiger partial charge in [0.05, 0.1) is 6.04 Å². The molecule has 0 bridgehead atoms. The fraction of sp³-hybridized carbons (Fsp3) is 0.250. The number of carbonyl (C=O) groups excluding carboxylic acids is 1. The lowest BCUT2D eigenvalue weighted by Gasteiger charge is -2.10. The fourth-order valence-corrected chi connectivity index (χ4v) is 3.25. The quantitative estimate of drug-likeness (QED) is 0.828. The Bertz CT molecular complexity index is 573. The number of thiazole rings is 1. The number of thiophene rings is 1. The van der Waals surface area contributed by atoms with Crippen LogP contribution in [0.1, 0.15) is 45.6 Å². The summed E-state index contributed by atoms with van der Waals surface area (Å²) >= 11 is 2.66. The summed E-state index contributed by atoms with van der Waals surface area (Å²) < 4.78 is 0. The molecule has 0 saturated heterocycles. The van der Waals surface area contributed by atoms with Gasteiger partial charge in [0.1, 0.15) is 4.88 Å². The summed E-state index contributed by atoms with van der Waals surface area (Å²) in [7, 11) is 0. The van der Waals surface area contributed by atoms with Crippen molar-refractivity contribution in [3.63, 3.8) is 0 Å². The third-order valence-corrected chi connectivity index (χ3v) is 4.32. The highest BCUT2D eigenvalue weighted by Crippen LogP contribution is 2.27. The van der Waals surface area contributed by atoms with Gasteiger partial charge < -0.3 is 10.4 Å². The molecule has 0 amide bonds. The van der Waals surface area contributed by atoms with Crippen molar-refractivity contribution in [1.29, 1.82) is 0 Å². The second-order valence-electron chi connectivity index (χ2n) is 3.98. The van der Waals surface area contributed by atoms with Gasteiger partial charge in [-0.3, -0.25) is 4.79 Å². The van der Waals surface area contributed by atoms with Gasteiger partial charge in [0.25, 0.3) is 0 Å². The molecule has 7 heteroatoms. The largest absolute Gasteiger partial charge is 0.476 e. The second kappa shape index (κ2) is 5.50. The molecule has 2 rings (SSSR count). The molecule has 19 heavy (non-hydrogen) atoms. The summed E-state index contributed by atoms with van der Waals surface area (Å²) in [6, 6.07) is 2.00. The van der Waals surface area contributed by atoms with Crippen LogP contribution in [0.5, 0.6) is 0 Å². The number of anilines is 1. The standard InChI is InChI=1S/C12H12N2O3S2/c1-6(8-3-4-18-5-8)13-12-14-9(11(16)17)10(19-12)7(2)15/h3-6H,1-2H3,(H,13,14)(H,16,17). The Labute approximate surface area is 117 Å². The van der Waals surface area contributed by atoms with Crippen LogP contribution in [0.3, 0.4) is 0 Å². The minimum Gasteiger partial charge on any atom is -0.476 e. The van der Waals surface area contributed by atoms with Gasteiger partial charge in [0.2, 0.25) is 0 Å². The first-order valence-corrected chi connectivity index (χ1v) is 7.28. The molecule has 0 aliphatic carbocycles. The maximum absolute atomic E-state index is 11.4. The van der Waals surface area contributed by atoms with Gasteiger partial charge >= 0.3 is 5.97 Å². The van der Waals surface area contributed by atoms with Gasteiger partial charge in [0.15, 0.2) is 16.6 Å². The molecule has 0 fully saturated rings. The molecule has 100 valence electrons. The smallest absolute Gasteiger partial charge is 0.356 e. The number of ketones is 1. The Morgan fingerprint density at radius 1 is 1.47 bits per heavy atom. The van der Waals surface area contributed by atoms with Crippen LogP contribution in [-0.4, -0.2) is 21.8 Å². The minimum absolute atomic E-state index is 0.0128. The molecule has 2 heterocycles. The van der Waals surface area contributed by atoms with Crippen molar-refractivity contribution in [2.45, 2.75) is 19.9 Å². The minimum atomic E-state index is -1.18. The zero-order valence-corrected chi connectivity index (χ0v) is 12.0. The molecule has 0 aromatic carbocycles. The van der Waals surface area contributed by atoms with Gasteiger partial charge in [0, 0.05) is 6.92 Å². The number of aromatic carboxylic acids is 1. The lowest BCUT2D eigenvalue weighted by Crippen LogP contribution is -2.06. The third kappa shape index (κ3) is 2.99. The van der Waals surface area contributed by atoms with Gasteiger partial charge in [-0.15, -0.1) is 0 Å². The topological polar surface area (TPSA) is 79.3 Å². The van der Waals surface area contributed by atoms with Crippen LogP contribution in [0, 0.1) is 0 Å². The zero-order chi connectivity index (χ0) is 14.0. The summed E-state index contributed by atoms with van der Waals surface area (Å²) in [6.45, 7) is 3.30. The van der Waals surface area contributed by atoms with Crippen LogP contribution in [-0.2, 0) is 0 Å². The van der Waals surface area contributed by atoms with Gasteiger partial charge in [-0.1, -0.05) is 11.3 Å². The van der Waals surface area contributed by atoms with E-state index in [4.69, 9.17) is 5.11 Å². The average molecular weight is 296 g/mol. The van der Waals surface area contributed by atoms with Crippen molar-refractivity contribution in [3.8, 4) is 0 Å². The summed E-state index contributed by atoms with van der Waals surface area (Å²) in [5, 5.41) is 16.6. The first-order chi connectivity index (χ1) is 8.99. The van der Waals surface area contributed by atoms with Crippen LogP contribution in [0.15, 0.2) is 16.8 Å². The number of hydrogen-bond acceptors (Lipinski definition) is 6. The maximum atomic E-state index is 11.4. The molecule has 5 nitrogen and oxygen atoms in total. The summed E-state index contributed by atoms with van der Waals surface area (Å²) in [5.41, 5.74) is 0.916. The molecular weight excluding hydrogens is 284 g/mol. The molecule has 0 spiro atoms. The van der Waals surface area contributed by atoms with Crippen LogP contribution in [0.2, 0.25) is 0 Å². The Morgan fingerprint density at radius 3 is 2.68 bits per heavy atom. The summed E-state index contributed by atoms with van der Waals surface area (Å²) in [5.74, 6) is -1.47. The first-order valence-electron chi connectivity index (χ1n) is 5.52. The predicted octanol–water partition coefficient (Wildman–Crippen LogP) is 3.28. The van der Waals surface area contributed by atoms with Gasteiger partial charge in [-0.05, 0) is 29.3 Å². The molecule has 1 atom stereocenters. The Balaban J connectivity index is 2.24. The van der Waals surface area contributed by atoms with Crippen molar-refractivity contribution in [1.82, 2.24) is 4.98 Å². The van der Waals surface area contributed by atoms with Crippen molar-refractivity contribution in [2.75, 3.05) is 5.32 Å². The second-order valence-corrected chi connectivity index (χ2v) is 5.76. The van der Waals surface area contributed by atoms with Crippen molar-refractivity contribution >= 4 is 39.6 Å². The number of rotatable bonds is 5. The van der Waals surface area contributed by atoms with Crippen molar-refractivity contribution in [2.24, 2.45) is 0 Å². The highest BCUT2D eigenvalue weighted by Gasteiger charge is 2.21. The average Bonchev–Trinajstić information content (AvgIpc) is 2.97. The number of carboxylic acid groups (broad SMARTS) is 1. The molecule has 2 aromatic rings. The number of carboxylic acids is 1. The molecule has 0 saturated carbocycles. The summed E-state index contributed by atoms with van der Waals surface area (Å²) in [6.07, 6.45) is 0. The zero-order valence-electron chi connectivity index (χ0n) is 10.3. The number of aromatic nitrogens is 1. The van der Waals surface area contributed by atoms with E-state index in [1.54, 1.807) is 11.3 Å². The van der Waals surface area contributed by atoms with Crippen LogP contribution in [0.25, 0.3) is 0 Å². The lowest BCUT2D eigenvalue weighted by molar-refractivity contribution is 0.0687. The fourth-order valence-electron chi connectivity index (χ4n) is 1.56. The SMILES string of the molecule is CC(=O)c1sc(NC(C)c2ccsc2)nc1C(=O)O. The normalized spacial score (nSPS) is 12.1. The van der Waals surface area contributed by atoms with E-state index < -0.39 is 5.97 Å². The van der Waals surface area contributed by atoms with Crippen molar-refractivity contribution in [3.05, 3.63) is 33.0 Å². The Kier molecular flexibility index (Phi) is 3.96. The van der Waals surface area contributed by atoms with E-state index in [0.29, 0.717) is 5.13 Å². The molecular formula is C12H12N2O3S2. The number of Topliss-reactive ketones (excluding diaryl/α,β-unsaturated/α-hetero) is 1. The monoisotopic (exact) mass is 296 g/mol. The number of nitrogens with one attached hydrogen (secondary N) is 1. The molecule has 2 aromatic heterocycles. The summed E-state index contributed by atoms with van der Waals surface area (Å²) in [4.78, 5) is 26.5. The highest BCUT2D eigenvalue weighted by molar-refractivity contribution is 7.17. The van der Waals surface area contributed by atoms with E-state index in [1.807, 2.05) is 23.8 Å². The van der Waals surface area contributed by atoms with Crippen LogP contribution < -0.4 is 5.32 Å². The maximum Gasteiger partial charge on any atom is 0.356 e. The molecule has 2 N–H and O–H groups in total. The first kappa shape index (κ1) is 13.7. The Morgan fingerprint density at radius 2 is 2.21 bits per heavy atom. The predicted molar refractivity (Wildman–Crippen MR) is 75.4 cm³/mol. The number of carbonyl (C=O) groups is 2. The van der Waals surface area contributed by atoms with Gasteiger partial charge in [-0.2, -0.15) is 11.3 Å². The molecule has 0 aliphatic rings.